The van der Waals surface area contributed by atoms with Crippen LogP contribution in [0.5, 0.6) is 5.75 Å². The molecule has 0 saturated carbocycles. The van der Waals surface area contributed by atoms with Crippen molar-refractivity contribution in [3.63, 3.8) is 0 Å². The number of amides is 1. The highest BCUT2D eigenvalue weighted by molar-refractivity contribution is 7.14. The summed E-state index contributed by atoms with van der Waals surface area (Å²) in [5.41, 5.74) is 3.69. The third-order valence-electron chi connectivity index (χ3n) is 5.38. The molecule has 0 spiro atoms. The number of hydrogen-bond acceptors (Lipinski definition) is 6. The highest BCUT2D eigenvalue weighted by Gasteiger charge is 2.45. The number of ketones is 1. The number of Topliss-reactive ketones (excluding diaryl/α,β-unsaturated/α-hetero) is 1. The number of nitrogens with zero attached hydrogens (tertiary/aromatic N) is 2. The summed E-state index contributed by atoms with van der Waals surface area (Å²) in [7, 11) is 0. The number of benzene rings is 2. The van der Waals surface area contributed by atoms with E-state index < -0.39 is 23.5 Å². The first kappa shape index (κ1) is 20.8. The number of aromatic hydroxyl groups is 1. The number of carbonyl (C=O) groups is 2. The van der Waals surface area contributed by atoms with Crippen LogP contribution in [0.4, 0.5) is 5.69 Å². The molecular weight excluding hydrogens is 412 g/mol. The molecule has 7 heteroatoms. The number of aryl methyl sites for hydroxylation is 4. The highest BCUT2D eigenvalue weighted by atomic mass is 32.1. The number of aromatic nitrogens is 1. The predicted octanol–water partition coefficient (Wildman–Crippen LogP) is 4.87. The van der Waals surface area contributed by atoms with Crippen LogP contribution >= 0.6 is 11.3 Å². The van der Waals surface area contributed by atoms with Gasteiger partial charge in [0, 0.05) is 5.69 Å². The van der Waals surface area contributed by atoms with Gasteiger partial charge in [-0.25, -0.2) is 4.98 Å². The normalized spacial score (nSPS) is 16.3. The molecule has 1 aromatic heterocycles. The van der Waals surface area contributed by atoms with Crippen LogP contribution in [0.2, 0.25) is 0 Å². The molecule has 0 radical (unpaired) electrons. The maximum atomic E-state index is 13.5. The Labute approximate surface area is 184 Å². The van der Waals surface area contributed by atoms with Crippen molar-refractivity contribution in [3.05, 3.63) is 86.1 Å². The molecular formula is C24H22N2O4S. The van der Waals surface area contributed by atoms with E-state index in [-0.39, 0.29) is 11.3 Å². The molecule has 31 heavy (non-hydrogen) atoms. The number of aliphatic hydroxyl groups is 1. The van der Waals surface area contributed by atoms with Crippen molar-refractivity contribution < 1.29 is 19.8 Å². The molecule has 0 fully saturated rings. The minimum Gasteiger partial charge on any atom is -0.508 e. The Morgan fingerprint density at radius 2 is 1.71 bits per heavy atom. The van der Waals surface area contributed by atoms with E-state index in [2.05, 4.69) is 4.98 Å². The third-order valence-corrected chi connectivity index (χ3v) is 6.45. The Morgan fingerprint density at radius 3 is 2.29 bits per heavy atom. The molecule has 2 heterocycles. The van der Waals surface area contributed by atoms with Gasteiger partial charge >= 0.3 is 0 Å². The maximum absolute atomic E-state index is 13.5. The molecule has 0 saturated heterocycles. The van der Waals surface area contributed by atoms with Crippen molar-refractivity contribution in [3.8, 4) is 5.75 Å². The van der Waals surface area contributed by atoms with Crippen molar-refractivity contribution in [1.82, 2.24) is 4.98 Å². The smallest absolute Gasteiger partial charge is 0.294 e. The lowest BCUT2D eigenvalue weighted by atomic mass is 9.94. The first-order valence-corrected chi connectivity index (χ1v) is 10.6. The molecule has 158 valence electrons. The van der Waals surface area contributed by atoms with E-state index in [0.29, 0.717) is 21.8 Å². The summed E-state index contributed by atoms with van der Waals surface area (Å²) in [4.78, 5) is 32.9. The van der Waals surface area contributed by atoms with Gasteiger partial charge in [0.05, 0.1) is 27.2 Å². The number of carbonyl (C=O) groups excluding carboxylic acids is 2. The van der Waals surface area contributed by atoms with Gasteiger partial charge in [0.2, 0.25) is 5.78 Å². The van der Waals surface area contributed by atoms with Crippen molar-refractivity contribution in [1.29, 1.82) is 0 Å². The van der Waals surface area contributed by atoms with Crippen LogP contribution < -0.4 is 4.90 Å². The molecule has 1 atom stereocenters. The topological polar surface area (TPSA) is 90.7 Å². The summed E-state index contributed by atoms with van der Waals surface area (Å²) < 4.78 is 0. The SMILES string of the molecule is Cc1ccc(N2C(=O)C(O)=C(C(=O)c3sc(C)nc3C)C2c2ccc(O)cc2)c(C)c1. The summed E-state index contributed by atoms with van der Waals surface area (Å²) >= 11 is 1.24. The second-order valence-corrected chi connectivity index (χ2v) is 8.90. The average Bonchev–Trinajstić information content (AvgIpc) is 3.18. The Hall–Kier alpha value is -3.45. The second-order valence-electron chi connectivity index (χ2n) is 7.70. The Balaban J connectivity index is 1.92. The molecule has 1 amide bonds. The Kier molecular flexibility index (Phi) is 5.15. The predicted molar refractivity (Wildman–Crippen MR) is 120 cm³/mol. The molecule has 0 aliphatic carbocycles. The first-order valence-electron chi connectivity index (χ1n) is 9.80. The number of phenolic OH excluding ortho intramolecular Hbond substituents is 1. The van der Waals surface area contributed by atoms with Gasteiger partial charge in [0.1, 0.15) is 5.75 Å². The molecule has 4 rings (SSSR count). The zero-order valence-corrected chi connectivity index (χ0v) is 18.4. The summed E-state index contributed by atoms with van der Waals surface area (Å²) in [6.45, 7) is 7.39. The van der Waals surface area contributed by atoms with Crippen LogP contribution in [0, 0.1) is 27.7 Å². The lowest BCUT2D eigenvalue weighted by molar-refractivity contribution is -0.117. The van der Waals surface area contributed by atoms with Gasteiger partial charge in [0.15, 0.2) is 5.76 Å². The van der Waals surface area contributed by atoms with Crippen molar-refractivity contribution in [2.24, 2.45) is 0 Å². The number of phenols is 1. The number of thiazole rings is 1. The van der Waals surface area contributed by atoms with E-state index in [1.54, 1.807) is 19.1 Å². The quantitative estimate of drug-likeness (QED) is 0.572. The van der Waals surface area contributed by atoms with E-state index in [1.165, 1.54) is 28.4 Å². The fourth-order valence-electron chi connectivity index (χ4n) is 4.00. The van der Waals surface area contributed by atoms with Gasteiger partial charge in [0.25, 0.3) is 5.91 Å². The Morgan fingerprint density at radius 1 is 1.03 bits per heavy atom. The minimum absolute atomic E-state index is 0.0161. The minimum atomic E-state index is -0.830. The van der Waals surface area contributed by atoms with E-state index in [9.17, 15) is 19.8 Å². The lowest BCUT2D eigenvalue weighted by Crippen LogP contribution is -2.31. The fourth-order valence-corrected chi connectivity index (χ4v) is 4.87. The molecule has 2 N–H and O–H groups in total. The van der Waals surface area contributed by atoms with Crippen molar-refractivity contribution in [2.75, 3.05) is 4.90 Å². The second kappa shape index (κ2) is 7.67. The van der Waals surface area contributed by atoms with Crippen LogP contribution in [0.15, 0.2) is 53.8 Å². The largest absolute Gasteiger partial charge is 0.508 e. The average molecular weight is 435 g/mol. The summed E-state index contributed by atoms with van der Waals surface area (Å²) in [5, 5.41) is 21.3. The highest BCUT2D eigenvalue weighted by Crippen LogP contribution is 2.44. The monoisotopic (exact) mass is 434 g/mol. The molecule has 3 aromatic rings. The van der Waals surface area contributed by atoms with Crippen molar-refractivity contribution >= 4 is 28.7 Å². The lowest BCUT2D eigenvalue weighted by Gasteiger charge is -2.28. The molecule has 1 aliphatic rings. The van der Waals surface area contributed by atoms with E-state index >= 15 is 0 Å². The molecule has 0 bridgehead atoms. The molecule has 1 aliphatic heterocycles. The fraction of sp³-hybridized carbons (Fsp3) is 0.208. The van der Waals surface area contributed by atoms with E-state index in [0.717, 1.165) is 16.1 Å². The number of aliphatic hydroxyl groups excluding tert-OH is 1. The number of anilines is 1. The number of rotatable bonds is 4. The Bertz CT molecular complexity index is 1240. The van der Waals surface area contributed by atoms with Gasteiger partial charge < -0.3 is 10.2 Å². The summed E-state index contributed by atoms with van der Waals surface area (Å²) in [6.07, 6.45) is 0. The number of hydrogen-bond donors (Lipinski definition) is 2. The summed E-state index contributed by atoms with van der Waals surface area (Å²) in [5.74, 6) is -1.54. The van der Waals surface area contributed by atoms with Crippen LogP contribution in [0.3, 0.4) is 0 Å². The molecule has 6 nitrogen and oxygen atoms in total. The first-order chi connectivity index (χ1) is 14.7. The van der Waals surface area contributed by atoms with Crippen LogP contribution in [0.25, 0.3) is 0 Å². The summed E-state index contributed by atoms with van der Waals surface area (Å²) in [6, 6.07) is 11.1. The van der Waals surface area contributed by atoms with E-state index in [1.807, 2.05) is 39.0 Å². The standard InChI is InChI=1S/C24H22N2O4S/c1-12-5-10-18(13(2)11-12)26-20(16-6-8-17(27)9-7-16)19(22(29)24(26)30)21(28)23-14(3)25-15(4)31-23/h5-11,20,27,29H,1-4H3. The van der Waals surface area contributed by atoms with Crippen LogP contribution in [-0.4, -0.2) is 26.9 Å². The third kappa shape index (κ3) is 3.51. The van der Waals surface area contributed by atoms with Gasteiger partial charge in [-0.1, -0.05) is 29.8 Å². The van der Waals surface area contributed by atoms with Gasteiger partial charge in [-0.2, -0.15) is 0 Å². The van der Waals surface area contributed by atoms with Gasteiger partial charge in [-0.3, -0.25) is 14.5 Å². The molecule has 1 unspecified atom stereocenters. The van der Waals surface area contributed by atoms with Gasteiger partial charge in [-0.15, -0.1) is 11.3 Å². The van der Waals surface area contributed by atoms with Crippen LogP contribution in [0.1, 0.15) is 43.1 Å². The van der Waals surface area contributed by atoms with Gasteiger partial charge in [-0.05, 0) is 57.0 Å². The van der Waals surface area contributed by atoms with E-state index in [4.69, 9.17) is 0 Å². The van der Waals surface area contributed by atoms with Crippen LogP contribution in [-0.2, 0) is 4.79 Å². The zero-order valence-electron chi connectivity index (χ0n) is 17.6. The maximum Gasteiger partial charge on any atom is 0.294 e. The molecule has 2 aromatic carbocycles. The van der Waals surface area contributed by atoms with Crippen molar-refractivity contribution in [2.45, 2.75) is 33.7 Å². The zero-order chi connectivity index (χ0) is 22.4.